The molecular formula is C30H40N2O10. The zero-order chi connectivity index (χ0) is 30.5. The van der Waals surface area contributed by atoms with Crippen LogP contribution in [0.4, 0.5) is 0 Å². The van der Waals surface area contributed by atoms with Crippen molar-refractivity contribution in [3.8, 4) is 23.0 Å². The van der Waals surface area contributed by atoms with Gasteiger partial charge in [-0.2, -0.15) is 0 Å². The average Bonchev–Trinajstić information content (AvgIpc) is 2.99. The molecule has 12 nitrogen and oxygen atoms in total. The first kappa shape index (κ1) is 33.0. The van der Waals surface area contributed by atoms with Crippen molar-refractivity contribution in [1.82, 2.24) is 10.6 Å². The summed E-state index contributed by atoms with van der Waals surface area (Å²) < 4.78 is 11.3. The van der Waals surface area contributed by atoms with Gasteiger partial charge >= 0.3 is 0 Å². The molecule has 0 fully saturated rings. The third-order valence-corrected chi connectivity index (χ3v) is 6.44. The van der Waals surface area contributed by atoms with E-state index in [-0.39, 0.29) is 64.1 Å². The zero-order valence-electron chi connectivity index (χ0n) is 23.1. The Morgan fingerprint density at radius 1 is 0.571 bits per heavy atom. The van der Waals surface area contributed by atoms with Gasteiger partial charge in [-0.25, -0.2) is 0 Å². The van der Waals surface area contributed by atoms with Gasteiger partial charge in [0.05, 0.1) is 25.4 Å². The molecule has 42 heavy (non-hydrogen) atoms. The summed E-state index contributed by atoms with van der Waals surface area (Å²) in [6.07, 6.45) is -3.52. The van der Waals surface area contributed by atoms with Crippen molar-refractivity contribution >= 4 is 0 Å². The fraction of sp³-hybridized carbons (Fsp3) is 0.400. The molecule has 3 aromatic carbocycles. The van der Waals surface area contributed by atoms with Crippen molar-refractivity contribution in [3.05, 3.63) is 82.9 Å². The Morgan fingerprint density at radius 2 is 1.00 bits per heavy atom. The van der Waals surface area contributed by atoms with Crippen molar-refractivity contribution in [1.29, 1.82) is 0 Å². The molecule has 4 atom stereocenters. The second-order valence-electron chi connectivity index (χ2n) is 9.85. The van der Waals surface area contributed by atoms with Crippen LogP contribution in [0.1, 0.15) is 34.5 Å². The van der Waals surface area contributed by atoms with Crippen molar-refractivity contribution in [3.63, 3.8) is 0 Å². The lowest BCUT2D eigenvalue weighted by Crippen LogP contribution is -2.34. The molecule has 0 saturated heterocycles. The predicted molar refractivity (Wildman–Crippen MR) is 153 cm³/mol. The van der Waals surface area contributed by atoms with E-state index in [0.29, 0.717) is 33.8 Å². The number of hydrogen-bond donors (Lipinski definition) is 10. The minimum atomic E-state index is -0.896. The van der Waals surface area contributed by atoms with Crippen molar-refractivity contribution < 1.29 is 50.3 Å². The van der Waals surface area contributed by atoms with Crippen LogP contribution in [0.2, 0.25) is 0 Å². The lowest BCUT2D eigenvalue weighted by molar-refractivity contribution is 0.0965. The molecule has 0 radical (unpaired) electrons. The van der Waals surface area contributed by atoms with E-state index >= 15 is 0 Å². The molecule has 0 spiro atoms. The van der Waals surface area contributed by atoms with Gasteiger partial charge in [0.15, 0.2) is 0 Å². The molecule has 0 heterocycles. The molecule has 4 unspecified atom stereocenters. The second-order valence-corrected chi connectivity index (χ2v) is 9.85. The van der Waals surface area contributed by atoms with Crippen LogP contribution in [0.25, 0.3) is 0 Å². The minimum absolute atomic E-state index is 0.0177. The van der Waals surface area contributed by atoms with E-state index in [4.69, 9.17) is 9.47 Å². The predicted octanol–water partition coefficient (Wildman–Crippen LogP) is 0.208. The topological polar surface area (TPSA) is 204 Å². The molecule has 3 aromatic rings. The van der Waals surface area contributed by atoms with Gasteiger partial charge in [0.2, 0.25) is 0 Å². The third-order valence-electron chi connectivity index (χ3n) is 6.44. The Bertz CT molecular complexity index is 1150. The highest BCUT2D eigenvalue weighted by Crippen LogP contribution is 2.24. The first-order chi connectivity index (χ1) is 20.2. The number of aliphatic hydroxyl groups is 6. The SMILES string of the molecule is OCc1cc(C(O)CNCC(O)COc2cccc(OCC(O)CNCC(O)c3ccc(O)c(CO)c3)c2)ccc1O. The molecule has 0 aromatic heterocycles. The van der Waals surface area contributed by atoms with Crippen LogP contribution >= 0.6 is 0 Å². The van der Waals surface area contributed by atoms with Crippen LogP contribution in [-0.2, 0) is 13.2 Å². The number of hydrogen-bond acceptors (Lipinski definition) is 12. The van der Waals surface area contributed by atoms with Crippen LogP contribution in [0.15, 0.2) is 60.7 Å². The lowest BCUT2D eigenvalue weighted by Gasteiger charge is -2.17. The molecule has 0 saturated carbocycles. The number of aromatic hydroxyl groups is 2. The van der Waals surface area contributed by atoms with Crippen LogP contribution in [0.3, 0.4) is 0 Å². The maximum atomic E-state index is 10.3. The summed E-state index contributed by atoms with van der Waals surface area (Å²) in [6, 6.07) is 15.7. The highest BCUT2D eigenvalue weighted by atomic mass is 16.5. The van der Waals surface area contributed by atoms with Gasteiger partial charge in [0.25, 0.3) is 0 Å². The molecule has 10 N–H and O–H groups in total. The summed E-state index contributed by atoms with van der Waals surface area (Å²) in [5.74, 6) is 0.822. The summed E-state index contributed by atoms with van der Waals surface area (Å²) >= 11 is 0. The van der Waals surface area contributed by atoms with Gasteiger partial charge in [-0.1, -0.05) is 18.2 Å². The molecule has 12 heteroatoms. The maximum absolute atomic E-state index is 10.3. The monoisotopic (exact) mass is 588 g/mol. The number of aliphatic hydroxyl groups excluding tert-OH is 6. The molecule has 0 aliphatic carbocycles. The zero-order valence-corrected chi connectivity index (χ0v) is 23.1. The summed E-state index contributed by atoms with van der Waals surface area (Å²) in [7, 11) is 0. The van der Waals surface area contributed by atoms with E-state index in [9.17, 15) is 40.9 Å². The van der Waals surface area contributed by atoms with Crippen LogP contribution in [0.5, 0.6) is 23.0 Å². The Kier molecular flexibility index (Phi) is 13.3. The number of rotatable bonds is 18. The van der Waals surface area contributed by atoms with Gasteiger partial charge in [0.1, 0.15) is 48.4 Å². The Balaban J connectivity index is 1.33. The van der Waals surface area contributed by atoms with E-state index in [1.807, 2.05) is 0 Å². The molecular weight excluding hydrogens is 548 g/mol. The van der Waals surface area contributed by atoms with Gasteiger partial charge in [-0.3, -0.25) is 0 Å². The van der Waals surface area contributed by atoms with E-state index < -0.39 is 24.4 Å². The van der Waals surface area contributed by atoms with Crippen molar-refractivity contribution in [2.45, 2.75) is 37.6 Å². The number of ether oxygens (including phenoxy) is 2. The van der Waals surface area contributed by atoms with Gasteiger partial charge in [-0.15, -0.1) is 0 Å². The average molecular weight is 589 g/mol. The van der Waals surface area contributed by atoms with Crippen molar-refractivity contribution in [2.24, 2.45) is 0 Å². The minimum Gasteiger partial charge on any atom is -0.508 e. The summed E-state index contributed by atoms with van der Waals surface area (Å²) in [5, 5.41) is 84.8. The molecule has 3 rings (SSSR count). The highest BCUT2D eigenvalue weighted by Gasteiger charge is 2.14. The molecule has 0 bridgehead atoms. The van der Waals surface area contributed by atoms with E-state index in [2.05, 4.69) is 10.6 Å². The lowest BCUT2D eigenvalue weighted by atomic mass is 10.1. The quantitative estimate of drug-likeness (QED) is 0.0969. The molecule has 0 aliphatic heterocycles. The van der Waals surface area contributed by atoms with Gasteiger partial charge < -0.3 is 61.0 Å². The van der Waals surface area contributed by atoms with E-state index in [0.717, 1.165) is 0 Å². The van der Waals surface area contributed by atoms with Crippen molar-refractivity contribution in [2.75, 3.05) is 39.4 Å². The Hall–Kier alpha value is -3.46. The Labute approximate surface area is 244 Å². The van der Waals surface area contributed by atoms with E-state index in [1.54, 1.807) is 36.4 Å². The highest BCUT2D eigenvalue weighted by molar-refractivity contribution is 5.37. The summed E-state index contributed by atoms with van der Waals surface area (Å²) in [5.41, 5.74) is 1.68. The maximum Gasteiger partial charge on any atom is 0.123 e. The van der Waals surface area contributed by atoms with Gasteiger partial charge in [0, 0.05) is 43.4 Å². The molecule has 0 aliphatic rings. The number of benzene rings is 3. The first-order valence-electron chi connectivity index (χ1n) is 13.5. The fourth-order valence-electron chi connectivity index (χ4n) is 4.04. The van der Waals surface area contributed by atoms with Crippen LogP contribution in [-0.4, -0.2) is 92.5 Å². The summed E-state index contributed by atoms with van der Waals surface area (Å²) in [4.78, 5) is 0. The summed E-state index contributed by atoms with van der Waals surface area (Å²) in [6.45, 7) is -0.125. The normalized spacial score (nSPS) is 14.2. The second kappa shape index (κ2) is 16.9. The fourth-order valence-corrected chi connectivity index (χ4v) is 4.04. The Morgan fingerprint density at radius 3 is 1.40 bits per heavy atom. The van der Waals surface area contributed by atoms with Crippen LogP contribution < -0.4 is 20.1 Å². The number of phenols is 2. The van der Waals surface area contributed by atoms with Crippen LogP contribution in [0, 0.1) is 0 Å². The number of nitrogens with one attached hydrogen (secondary N) is 2. The van der Waals surface area contributed by atoms with E-state index in [1.165, 1.54) is 24.3 Å². The molecule has 230 valence electrons. The molecule has 0 amide bonds. The largest absolute Gasteiger partial charge is 0.508 e. The standard InChI is InChI=1S/C30H40N2O10/c33-15-21-8-19(4-6-27(21)37)29(39)13-31-11-23(35)17-41-25-2-1-3-26(10-25)42-18-24(36)12-32-14-30(40)20-5-7-28(38)22(9-20)16-34/h1-10,23-24,29-40H,11-18H2. The first-order valence-corrected chi connectivity index (χ1v) is 13.5. The smallest absolute Gasteiger partial charge is 0.123 e. The van der Waals surface area contributed by atoms with Gasteiger partial charge in [-0.05, 0) is 47.5 Å². The third kappa shape index (κ3) is 10.4.